The topological polar surface area (TPSA) is 46.1 Å². The van der Waals surface area contributed by atoms with Gasteiger partial charge in [0.15, 0.2) is 0 Å². The van der Waals surface area contributed by atoms with Gasteiger partial charge in [-0.1, -0.05) is 36.9 Å². The first-order chi connectivity index (χ1) is 14.5. The van der Waals surface area contributed by atoms with Gasteiger partial charge in [0.1, 0.15) is 0 Å². The van der Waals surface area contributed by atoms with Crippen molar-refractivity contribution in [2.45, 2.75) is 38.3 Å². The Kier molecular flexibility index (Phi) is 7.33. The van der Waals surface area contributed by atoms with Gasteiger partial charge >= 0.3 is 0 Å². The summed E-state index contributed by atoms with van der Waals surface area (Å²) in [6, 6.07) is 7.90. The zero-order chi connectivity index (χ0) is 21.6. The predicted octanol–water partition coefficient (Wildman–Crippen LogP) is 5.02. The first-order valence-corrected chi connectivity index (χ1v) is 10.9. The molecule has 3 heterocycles. The minimum atomic E-state index is 0.0399. The van der Waals surface area contributed by atoms with Crippen LogP contribution in [0.3, 0.4) is 0 Å². The molecule has 2 aromatic heterocycles. The predicted molar refractivity (Wildman–Crippen MR) is 127 cm³/mol. The molecule has 1 aliphatic heterocycles. The molecule has 4 nitrogen and oxygen atoms in total. The number of hydrogen-bond donors (Lipinski definition) is 0. The highest BCUT2D eigenvalue weighted by atomic mass is 31.0. The SMILES string of the molecule is C=C/C=C(\C=C/C)c1ncccc1C(=O)N1CCC(P)(Cc2ccc(C)cn2)CC1. The van der Waals surface area contributed by atoms with Gasteiger partial charge in [-0.15, -0.1) is 9.24 Å². The Hall–Kier alpha value is -2.58. The summed E-state index contributed by atoms with van der Waals surface area (Å²) in [5.41, 5.74) is 4.51. The number of pyridine rings is 2. The molecule has 0 bridgehead atoms. The van der Waals surface area contributed by atoms with E-state index in [2.05, 4.69) is 44.8 Å². The standard InChI is InChI=1S/C25H30N3OP/c1-4-7-20(8-5-2)23-22(9-6-14-26-23)24(29)28-15-12-25(30,13-16-28)17-21-11-10-19(3)18-27-21/h4-11,14,18H,1,12-13,15-17,30H2,2-3H3/b8-5-,20-7+. The molecular weight excluding hydrogens is 389 g/mol. The molecule has 1 amide bonds. The fourth-order valence-corrected chi connectivity index (χ4v) is 4.26. The van der Waals surface area contributed by atoms with E-state index in [1.165, 1.54) is 5.56 Å². The number of hydrogen-bond acceptors (Lipinski definition) is 3. The summed E-state index contributed by atoms with van der Waals surface area (Å²) in [7, 11) is 3.03. The number of allylic oxidation sites excluding steroid dienone is 5. The van der Waals surface area contributed by atoms with Crippen LogP contribution in [0.1, 0.15) is 47.1 Å². The molecule has 2 aromatic rings. The molecule has 1 fully saturated rings. The number of carbonyl (C=O) groups excluding carboxylic acids is 1. The van der Waals surface area contributed by atoms with Crippen molar-refractivity contribution in [3.8, 4) is 0 Å². The summed E-state index contributed by atoms with van der Waals surface area (Å²) < 4.78 is 0. The van der Waals surface area contributed by atoms with Gasteiger partial charge in [-0.2, -0.15) is 0 Å². The summed E-state index contributed by atoms with van der Waals surface area (Å²) in [5.74, 6) is 0.0399. The fraction of sp³-hybridized carbons (Fsp3) is 0.320. The number of carbonyl (C=O) groups is 1. The number of aryl methyl sites for hydroxylation is 1. The Bertz CT molecular complexity index is 955. The zero-order valence-corrected chi connectivity index (χ0v) is 19.0. The molecule has 5 heteroatoms. The lowest BCUT2D eigenvalue weighted by Gasteiger charge is -2.39. The lowest BCUT2D eigenvalue weighted by Crippen LogP contribution is -2.45. The molecule has 30 heavy (non-hydrogen) atoms. The minimum absolute atomic E-state index is 0.0399. The van der Waals surface area contributed by atoms with Crippen LogP contribution in [-0.2, 0) is 6.42 Å². The molecule has 1 unspecified atom stereocenters. The largest absolute Gasteiger partial charge is 0.339 e. The van der Waals surface area contributed by atoms with Crippen molar-refractivity contribution in [2.75, 3.05) is 13.1 Å². The van der Waals surface area contributed by atoms with E-state index in [1.807, 2.05) is 48.4 Å². The Morgan fingerprint density at radius 2 is 2.03 bits per heavy atom. The van der Waals surface area contributed by atoms with Crippen LogP contribution in [0.25, 0.3) is 5.57 Å². The van der Waals surface area contributed by atoms with Gasteiger partial charge in [-0.3, -0.25) is 14.8 Å². The Morgan fingerprint density at radius 1 is 1.27 bits per heavy atom. The minimum Gasteiger partial charge on any atom is -0.339 e. The molecule has 0 spiro atoms. The molecule has 3 rings (SSSR count). The van der Waals surface area contributed by atoms with E-state index in [1.54, 1.807) is 12.3 Å². The Balaban J connectivity index is 1.73. The van der Waals surface area contributed by atoms with Crippen molar-refractivity contribution < 1.29 is 4.79 Å². The van der Waals surface area contributed by atoms with Crippen molar-refractivity contribution >= 4 is 20.7 Å². The summed E-state index contributed by atoms with van der Waals surface area (Å²) in [6.07, 6.45) is 13.9. The van der Waals surface area contributed by atoms with Crippen LogP contribution in [0.5, 0.6) is 0 Å². The second kappa shape index (κ2) is 9.95. The summed E-state index contributed by atoms with van der Waals surface area (Å²) >= 11 is 0. The van der Waals surface area contributed by atoms with Gasteiger partial charge in [0.2, 0.25) is 0 Å². The van der Waals surface area contributed by atoms with Crippen molar-refractivity contribution in [3.05, 3.63) is 90.1 Å². The van der Waals surface area contributed by atoms with Crippen LogP contribution in [0.15, 0.2) is 67.5 Å². The maximum Gasteiger partial charge on any atom is 0.256 e. The first kappa shape index (κ1) is 22.1. The van der Waals surface area contributed by atoms with E-state index in [0.29, 0.717) is 11.3 Å². The molecule has 1 saturated heterocycles. The van der Waals surface area contributed by atoms with Crippen molar-refractivity contribution in [3.63, 3.8) is 0 Å². The number of nitrogens with zero attached hydrogens (tertiary/aromatic N) is 3. The third-order valence-electron chi connectivity index (χ3n) is 5.51. The van der Waals surface area contributed by atoms with E-state index in [-0.39, 0.29) is 11.1 Å². The molecule has 0 aliphatic carbocycles. The molecule has 0 aromatic carbocycles. The van der Waals surface area contributed by atoms with Crippen LogP contribution < -0.4 is 0 Å². The molecule has 1 atom stereocenters. The van der Waals surface area contributed by atoms with Crippen molar-refractivity contribution in [1.82, 2.24) is 14.9 Å². The molecule has 0 N–H and O–H groups in total. The first-order valence-electron chi connectivity index (χ1n) is 10.4. The Labute approximate surface area is 182 Å². The number of piperidine rings is 1. The highest BCUT2D eigenvalue weighted by molar-refractivity contribution is 7.19. The van der Waals surface area contributed by atoms with Gasteiger partial charge in [0.25, 0.3) is 5.91 Å². The summed E-state index contributed by atoms with van der Waals surface area (Å²) in [6.45, 7) is 9.25. The lowest BCUT2D eigenvalue weighted by atomic mass is 9.90. The average molecular weight is 420 g/mol. The van der Waals surface area contributed by atoms with Gasteiger partial charge in [-0.25, -0.2) is 0 Å². The quantitative estimate of drug-likeness (QED) is 0.488. The van der Waals surface area contributed by atoms with E-state index in [9.17, 15) is 4.79 Å². The van der Waals surface area contributed by atoms with E-state index in [4.69, 9.17) is 0 Å². The normalized spacial score (nSPS) is 16.6. The molecule has 1 aliphatic rings. The van der Waals surface area contributed by atoms with Gasteiger partial charge < -0.3 is 4.90 Å². The van der Waals surface area contributed by atoms with Crippen LogP contribution in [-0.4, -0.2) is 39.0 Å². The lowest BCUT2D eigenvalue weighted by molar-refractivity contribution is 0.0703. The number of likely N-dealkylation sites (tertiary alicyclic amines) is 1. The summed E-state index contributed by atoms with van der Waals surface area (Å²) in [5, 5.41) is 0.0790. The van der Waals surface area contributed by atoms with Gasteiger partial charge in [0, 0.05) is 36.8 Å². The zero-order valence-electron chi connectivity index (χ0n) is 17.8. The van der Waals surface area contributed by atoms with Gasteiger partial charge in [0.05, 0.1) is 11.3 Å². The third kappa shape index (κ3) is 5.31. The number of amides is 1. The smallest absolute Gasteiger partial charge is 0.256 e. The fourth-order valence-electron chi connectivity index (χ4n) is 3.79. The van der Waals surface area contributed by atoms with Crippen LogP contribution in [0, 0.1) is 6.92 Å². The second-order valence-electron chi connectivity index (χ2n) is 7.92. The van der Waals surface area contributed by atoms with E-state index >= 15 is 0 Å². The summed E-state index contributed by atoms with van der Waals surface area (Å²) in [4.78, 5) is 24.3. The maximum absolute atomic E-state index is 13.3. The second-order valence-corrected chi connectivity index (χ2v) is 9.14. The molecule has 0 radical (unpaired) electrons. The molecular formula is C25H30N3OP. The van der Waals surface area contributed by atoms with Crippen LogP contribution in [0.4, 0.5) is 0 Å². The number of aromatic nitrogens is 2. The van der Waals surface area contributed by atoms with Crippen molar-refractivity contribution in [1.29, 1.82) is 0 Å². The molecule has 0 saturated carbocycles. The third-order valence-corrected chi connectivity index (χ3v) is 6.29. The highest BCUT2D eigenvalue weighted by Crippen LogP contribution is 2.35. The van der Waals surface area contributed by atoms with Crippen LogP contribution in [0.2, 0.25) is 0 Å². The van der Waals surface area contributed by atoms with Crippen LogP contribution >= 0.6 is 9.24 Å². The maximum atomic E-state index is 13.3. The average Bonchev–Trinajstić information content (AvgIpc) is 2.75. The Morgan fingerprint density at radius 3 is 2.67 bits per heavy atom. The monoisotopic (exact) mass is 419 g/mol. The van der Waals surface area contributed by atoms with E-state index < -0.39 is 0 Å². The molecule has 156 valence electrons. The van der Waals surface area contributed by atoms with Crippen molar-refractivity contribution in [2.24, 2.45) is 0 Å². The number of rotatable bonds is 6. The van der Waals surface area contributed by atoms with E-state index in [0.717, 1.165) is 43.6 Å². The highest BCUT2D eigenvalue weighted by Gasteiger charge is 2.33. The van der Waals surface area contributed by atoms with Gasteiger partial charge in [-0.05, 0) is 62.0 Å².